The summed E-state index contributed by atoms with van der Waals surface area (Å²) in [6, 6.07) is 6.72. The number of rotatable bonds is 10. The number of nitrogens with zero attached hydrogens (tertiary/aromatic N) is 2. The fraction of sp³-hybridized carbons (Fsp3) is 0.480. The average molecular weight is 521 g/mol. The molecule has 0 aliphatic carbocycles. The van der Waals surface area contributed by atoms with Crippen molar-refractivity contribution in [1.82, 2.24) is 14.9 Å². The summed E-state index contributed by atoms with van der Waals surface area (Å²) < 4.78 is 41.4. The lowest BCUT2D eigenvalue weighted by Gasteiger charge is -2.34. The molecule has 2 heterocycles. The van der Waals surface area contributed by atoms with Gasteiger partial charge in [-0.2, -0.15) is 9.04 Å². The number of sulfonamides is 1. The highest BCUT2D eigenvalue weighted by Gasteiger charge is 2.38. The maximum absolute atomic E-state index is 13.3. The van der Waals surface area contributed by atoms with Gasteiger partial charge in [0.15, 0.2) is 12.4 Å². The number of piperidine rings is 1. The first kappa shape index (κ1) is 27.5. The minimum absolute atomic E-state index is 0.0891. The summed E-state index contributed by atoms with van der Waals surface area (Å²) in [5, 5.41) is 17.0. The third kappa shape index (κ3) is 7.72. The number of benzene rings is 1. The zero-order valence-electron chi connectivity index (χ0n) is 20.5. The minimum Gasteiger partial charge on any atom is -0.619 e. The molecule has 0 saturated carbocycles. The van der Waals surface area contributed by atoms with E-state index in [1.807, 2.05) is 13.8 Å². The zero-order chi connectivity index (χ0) is 26.3. The normalized spacial score (nSPS) is 17.5. The Morgan fingerprint density at radius 3 is 2.56 bits per heavy atom. The Labute approximate surface area is 211 Å². The topological polar surface area (TPSA) is 123 Å². The molecule has 1 fully saturated rings. The Morgan fingerprint density at radius 1 is 1.17 bits per heavy atom. The van der Waals surface area contributed by atoms with Crippen LogP contribution in [0.5, 0.6) is 0 Å². The molecule has 1 aliphatic rings. The lowest BCUT2D eigenvalue weighted by molar-refractivity contribution is -0.605. The molecule has 2 aromatic rings. The van der Waals surface area contributed by atoms with Crippen LogP contribution in [0.15, 0.2) is 48.8 Å². The van der Waals surface area contributed by atoms with Crippen LogP contribution in [0.1, 0.15) is 50.7 Å². The second-order valence-corrected chi connectivity index (χ2v) is 11.4. The molecule has 0 spiro atoms. The third-order valence-corrected chi connectivity index (χ3v) is 7.87. The first-order valence-corrected chi connectivity index (χ1v) is 13.7. The Balaban J connectivity index is 1.70. The zero-order valence-corrected chi connectivity index (χ0v) is 21.3. The highest BCUT2D eigenvalue weighted by Crippen LogP contribution is 2.24. The van der Waals surface area contributed by atoms with Gasteiger partial charge < -0.3 is 15.8 Å². The number of carbonyl (C=O) groups excluding carboxylic acids is 2. The molecule has 1 aromatic heterocycles. The van der Waals surface area contributed by atoms with Gasteiger partial charge in [0.05, 0.1) is 5.75 Å². The van der Waals surface area contributed by atoms with Crippen LogP contribution >= 0.6 is 0 Å². The quantitative estimate of drug-likeness (QED) is 0.367. The SMILES string of the molecule is CC(C)CC(NC(=O)[C@@H]1CCCCN1S(=O)(=O)Cc1ccc(F)cc1)C(=O)NCc1ccc[n+]([O-])c1. The summed E-state index contributed by atoms with van der Waals surface area (Å²) in [6.45, 7) is 4.16. The van der Waals surface area contributed by atoms with E-state index in [0.717, 1.165) is 0 Å². The number of carbonyl (C=O) groups is 2. The molecule has 3 rings (SSSR count). The number of hydrogen-bond donors (Lipinski definition) is 2. The molecule has 36 heavy (non-hydrogen) atoms. The van der Waals surface area contributed by atoms with Gasteiger partial charge in [-0.25, -0.2) is 12.8 Å². The first-order chi connectivity index (χ1) is 17.0. The van der Waals surface area contributed by atoms with Crippen LogP contribution in [-0.2, 0) is 31.9 Å². The second kappa shape index (κ2) is 12.3. The minimum atomic E-state index is -3.86. The predicted octanol–water partition coefficient (Wildman–Crippen LogP) is 1.99. The predicted molar refractivity (Wildman–Crippen MR) is 132 cm³/mol. The number of halogens is 1. The van der Waals surface area contributed by atoms with Crippen molar-refractivity contribution in [3.63, 3.8) is 0 Å². The van der Waals surface area contributed by atoms with Crippen LogP contribution in [-0.4, -0.2) is 43.2 Å². The summed E-state index contributed by atoms with van der Waals surface area (Å²) in [5.74, 6) is -1.64. The van der Waals surface area contributed by atoms with E-state index in [9.17, 15) is 27.6 Å². The molecule has 1 aliphatic heterocycles. The molecular weight excluding hydrogens is 487 g/mol. The molecule has 2 N–H and O–H groups in total. The standard InChI is InChI=1S/C25H33FN4O5S/c1-18(2)14-22(24(31)27-15-20-6-5-12-29(33)16-20)28-25(32)23-7-3-4-13-30(23)36(34,35)17-19-8-10-21(26)11-9-19/h5-6,8-12,16,18,22-23H,3-4,7,13-15,17H2,1-2H3,(H,27,31)(H,28,32)/t22?,23-/m0/s1. The molecule has 0 bridgehead atoms. The molecule has 9 nitrogen and oxygen atoms in total. The molecule has 2 atom stereocenters. The van der Waals surface area contributed by atoms with Crippen molar-refractivity contribution in [2.75, 3.05) is 6.54 Å². The van der Waals surface area contributed by atoms with Crippen LogP contribution in [0.2, 0.25) is 0 Å². The fourth-order valence-corrected chi connectivity index (χ4v) is 6.04. The van der Waals surface area contributed by atoms with Gasteiger partial charge in [0.1, 0.15) is 17.9 Å². The van der Waals surface area contributed by atoms with Crippen LogP contribution in [0.3, 0.4) is 0 Å². The average Bonchev–Trinajstić information content (AvgIpc) is 2.83. The summed E-state index contributed by atoms with van der Waals surface area (Å²) >= 11 is 0. The Kier molecular flexibility index (Phi) is 9.38. The summed E-state index contributed by atoms with van der Waals surface area (Å²) in [7, 11) is -3.86. The van der Waals surface area contributed by atoms with Crippen LogP contribution in [0.4, 0.5) is 4.39 Å². The van der Waals surface area contributed by atoms with E-state index < -0.39 is 39.7 Å². The van der Waals surface area contributed by atoms with Gasteiger partial charge in [0, 0.05) is 24.7 Å². The lowest BCUT2D eigenvalue weighted by atomic mass is 10.0. The molecule has 196 valence electrons. The van der Waals surface area contributed by atoms with Crippen LogP contribution < -0.4 is 15.4 Å². The summed E-state index contributed by atoms with van der Waals surface area (Å²) in [4.78, 5) is 26.2. The van der Waals surface area contributed by atoms with Gasteiger partial charge in [0.25, 0.3) is 0 Å². The molecule has 0 radical (unpaired) electrons. The highest BCUT2D eigenvalue weighted by molar-refractivity contribution is 7.88. The second-order valence-electron chi connectivity index (χ2n) is 9.49. The van der Waals surface area contributed by atoms with E-state index in [0.29, 0.717) is 41.5 Å². The van der Waals surface area contributed by atoms with Gasteiger partial charge in [-0.1, -0.05) is 32.4 Å². The van der Waals surface area contributed by atoms with Crippen molar-refractivity contribution >= 4 is 21.8 Å². The van der Waals surface area contributed by atoms with E-state index in [2.05, 4.69) is 10.6 Å². The Morgan fingerprint density at radius 2 is 1.89 bits per heavy atom. The van der Waals surface area contributed by atoms with Gasteiger partial charge >= 0.3 is 0 Å². The number of hydrogen-bond acceptors (Lipinski definition) is 5. The molecule has 2 amide bonds. The number of pyridine rings is 1. The number of amides is 2. The molecule has 1 saturated heterocycles. The van der Waals surface area contributed by atoms with E-state index in [1.54, 1.807) is 12.1 Å². The van der Waals surface area contributed by atoms with Crippen molar-refractivity contribution in [2.45, 2.75) is 63.9 Å². The smallest absolute Gasteiger partial charge is 0.242 e. The maximum Gasteiger partial charge on any atom is 0.242 e. The van der Waals surface area contributed by atoms with Crippen molar-refractivity contribution in [3.05, 3.63) is 70.9 Å². The molecule has 11 heteroatoms. The highest BCUT2D eigenvalue weighted by atomic mass is 32.2. The largest absolute Gasteiger partial charge is 0.619 e. The van der Waals surface area contributed by atoms with E-state index >= 15 is 0 Å². The van der Waals surface area contributed by atoms with E-state index in [4.69, 9.17) is 0 Å². The molecule has 1 unspecified atom stereocenters. The Hall–Kier alpha value is -3.05. The van der Waals surface area contributed by atoms with Gasteiger partial charge in [-0.15, -0.1) is 0 Å². The van der Waals surface area contributed by atoms with Crippen molar-refractivity contribution in [2.24, 2.45) is 5.92 Å². The van der Waals surface area contributed by atoms with Gasteiger partial charge in [0.2, 0.25) is 21.8 Å². The van der Waals surface area contributed by atoms with E-state index in [-0.39, 0.29) is 24.8 Å². The third-order valence-electron chi connectivity index (χ3n) is 6.02. The first-order valence-electron chi connectivity index (χ1n) is 12.0. The monoisotopic (exact) mass is 520 g/mol. The lowest BCUT2D eigenvalue weighted by Crippen LogP contribution is -2.56. The summed E-state index contributed by atoms with van der Waals surface area (Å²) in [6.07, 6.45) is 4.71. The maximum atomic E-state index is 13.3. The van der Waals surface area contributed by atoms with Crippen LogP contribution in [0, 0.1) is 16.9 Å². The van der Waals surface area contributed by atoms with Crippen LogP contribution in [0.25, 0.3) is 0 Å². The Bertz CT molecular complexity index is 1160. The van der Waals surface area contributed by atoms with Crippen molar-refractivity contribution in [1.29, 1.82) is 0 Å². The fourth-order valence-electron chi connectivity index (χ4n) is 4.26. The van der Waals surface area contributed by atoms with Crippen molar-refractivity contribution < 1.29 is 27.1 Å². The number of nitrogens with one attached hydrogen (secondary N) is 2. The molecular formula is C25H33FN4O5S. The molecule has 1 aromatic carbocycles. The van der Waals surface area contributed by atoms with Gasteiger partial charge in [-0.3, -0.25) is 9.59 Å². The van der Waals surface area contributed by atoms with Crippen molar-refractivity contribution in [3.8, 4) is 0 Å². The van der Waals surface area contributed by atoms with Gasteiger partial charge in [-0.05, 0) is 48.9 Å². The summed E-state index contributed by atoms with van der Waals surface area (Å²) in [5.41, 5.74) is 1.04. The van der Waals surface area contributed by atoms with E-state index in [1.165, 1.54) is 41.0 Å². The number of aromatic nitrogens is 1.